The Morgan fingerprint density at radius 1 is 0.695 bits per heavy atom. The lowest BCUT2D eigenvalue weighted by molar-refractivity contribution is -0.145. The van der Waals surface area contributed by atoms with Gasteiger partial charge in [-0.1, -0.05) is 50.0 Å². The van der Waals surface area contributed by atoms with E-state index in [2.05, 4.69) is 64.8 Å². The first kappa shape index (κ1) is 44.9. The number of carbonyl (C=O) groups is 1. The molecule has 59 heavy (non-hydrogen) atoms. The number of aromatic nitrogens is 6. The number of nitrogens with one attached hydrogen (secondary N) is 2. The smallest absolute Gasteiger partial charge is 0.451 e. The Kier molecular flexibility index (Phi) is 16.5. The molecule has 4 aromatic heterocycles. The highest BCUT2D eigenvalue weighted by Crippen LogP contribution is 2.30. The SMILES string of the molecule is O=C(O)CC(CCCCCCc1ccc2c(n1)NCCC2)c1cnc(C(F)(F)F)nc1.OC(/C=C/c1cnc(C(F)(F)F)nc1)CCCCc1ccc2c(n1)NCCC2. The van der Waals surface area contributed by atoms with Crippen LogP contribution in [0.4, 0.5) is 38.0 Å². The van der Waals surface area contributed by atoms with Crippen LogP contribution in [-0.4, -0.2) is 65.3 Å². The first-order valence-corrected chi connectivity index (χ1v) is 20.1. The molecule has 318 valence electrons. The van der Waals surface area contributed by atoms with Crippen molar-refractivity contribution in [1.29, 1.82) is 0 Å². The first-order valence-electron chi connectivity index (χ1n) is 20.1. The second-order valence-corrected chi connectivity index (χ2v) is 14.8. The predicted molar refractivity (Wildman–Crippen MR) is 211 cm³/mol. The Bertz CT molecular complexity index is 1960. The van der Waals surface area contributed by atoms with Crippen molar-refractivity contribution in [2.24, 2.45) is 0 Å². The third-order valence-corrected chi connectivity index (χ3v) is 10.1. The van der Waals surface area contributed by atoms with E-state index in [0.717, 1.165) is 138 Å². The van der Waals surface area contributed by atoms with Gasteiger partial charge in [-0.3, -0.25) is 4.79 Å². The largest absolute Gasteiger partial charge is 0.481 e. The first-order chi connectivity index (χ1) is 28.2. The number of pyridine rings is 2. The van der Waals surface area contributed by atoms with E-state index < -0.39 is 42.0 Å². The molecule has 0 aromatic carbocycles. The van der Waals surface area contributed by atoms with Gasteiger partial charge in [-0.2, -0.15) is 26.3 Å². The highest BCUT2D eigenvalue weighted by atomic mass is 19.4. The zero-order valence-corrected chi connectivity index (χ0v) is 32.7. The minimum Gasteiger partial charge on any atom is -0.481 e. The summed E-state index contributed by atoms with van der Waals surface area (Å²) in [6.07, 6.45) is 10.2. The van der Waals surface area contributed by atoms with Gasteiger partial charge in [-0.15, -0.1) is 0 Å². The molecule has 2 aliphatic heterocycles. The standard InChI is InChI=1S/C22H27F3N4O2.C20H23F3N4O/c23-22(24,25)21-27-13-17(14-28-21)16(12-19(30)31)6-3-1-2-4-8-18-10-9-15-7-5-11-26-20(15)29-18;21-20(22,23)19-25-12-14(13-26-19)7-10-17(28)6-2-1-5-16-9-8-15-4-3-11-24-18(15)27-16/h9-10,13-14,16H,1-8,11-12H2,(H,26,29)(H,30,31);7-10,12-13,17,28H,1-6,11H2,(H,24,27)/b;10-7+. The molecular weight excluding hydrogens is 779 g/mol. The van der Waals surface area contributed by atoms with Gasteiger partial charge < -0.3 is 20.8 Å². The Morgan fingerprint density at radius 3 is 1.71 bits per heavy atom. The molecule has 4 aromatic rings. The number of fused-ring (bicyclic) bond motifs is 2. The van der Waals surface area contributed by atoms with Crippen LogP contribution in [0.25, 0.3) is 6.08 Å². The van der Waals surface area contributed by atoms with E-state index in [9.17, 15) is 36.2 Å². The number of aliphatic carboxylic acids is 1. The van der Waals surface area contributed by atoms with Crippen LogP contribution in [-0.2, 0) is 42.8 Å². The summed E-state index contributed by atoms with van der Waals surface area (Å²) in [7, 11) is 0. The molecule has 0 saturated carbocycles. The predicted octanol–water partition coefficient (Wildman–Crippen LogP) is 9.04. The van der Waals surface area contributed by atoms with Crippen LogP contribution in [0.5, 0.6) is 0 Å². The van der Waals surface area contributed by atoms with Crippen LogP contribution in [0.2, 0.25) is 0 Å². The number of rotatable bonds is 17. The fourth-order valence-corrected chi connectivity index (χ4v) is 6.91. The van der Waals surface area contributed by atoms with Gasteiger partial charge in [0.1, 0.15) is 11.6 Å². The number of carboxylic acids is 1. The van der Waals surface area contributed by atoms with Gasteiger partial charge in [0.2, 0.25) is 11.6 Å². The van der Waals surface area contributed by atoms with Crippen molar-refractivity contribution in [3.05, 3.63) is 100 Å². The minimum absolute atomic E-state index is 0.152. The van der Waals surface area contributed by atoms with Crippen molar-refractivity contribution in [1.82, 2.24) is 29.9 Å². The molecule has 2 atom stereocenters. The molecule has 6 heterocycles. The van der Waals surface area contributed by atoms with E-state index in [-0.39, 0.29) is 6.42 Å². The topological polar surface area (TPSA) is 159 Å². The number of nitrogens with zero attached hydrogens (tertiary/aromatic N) is 6. The Balaban J connectivity index is 0.000000225. The lowest BCUT2D eigenvalue weighted by Gasteiger charge is -2.17. The summed E-state index contributed by atoms with van der Waals surface area (Å²) in [4.78, 5) is 33.8. The monoisotopic (exact) mass is 828 g/mol. The second kappa shape index (κ2) is 21.7. The van der Waals surface area contributed by atoms with Crippen molar-refractivity contribution in [3.63, 3.8) is 0 Å². The molecule has 0 aliphatic carbocycles. The Labute approximate surface area is 339 Å². The summed E-state index contributed by atoms with van der Waals surface area (Å²) in [5, 5.41) is 25.8. The van der Waals surface area contributed by atoms with Gasteiger partial charge in [0.15, 0.2) is 0 Å². The van der Waals surface area contributed by atoms with Crippen molar-refractivity contribution in [3.8, 4) is 0 Å². The summed E-state index contributed by atoms with van der Waals surface area (Å²) in [5.41, 5.74) is 5.49. The molecule has 0 bridgehead atoms. The second-order valence-electron chi connectivity index (χ2n) is 14.8. The van der Waals surface area contributed by atoms with Crippen LogP contribution in [0.1, 0.15) is 122 Å². The molecule has 0 spiro atoms. The number of halogens is 6. The molecule has 11 nitrogen and oxygen atoms in total. The molecule has 2 aliphatic rings. The highest BCUT2D eigenvalue weighted by Gasteiger charge is 2.35. The zero-order valence-electron chi connectivity index (χ0n) is 32.7. The summed E-state index contributed by atoms with van der Waals surface area (Å²) in [6, 6.07) is 8.42. The lowest BCUT2D eigenvalue weighted by Crippen LogP contribution is -2.14. The van der Waals surface area contributed by atoms with Gasteiger partial charge in [0, 0.05) is 54.8 Å². The van der Waals surface area contributed by atoms with Crippen LogP contribution in [0.3, 0.4) is 0 Å². The molecule has 17 heteroatoms. The molecule has 0 saturated heterocycles. The van der Waals surface area contributed by atoms with Gasteiger partial charge in [0.05, 0.1) is 12.5 Å². The maximum atomic E-state index is 12.6. The van der Waals surface area contributed by atoms with E-state index in [1.165, 1.54) is 17.2 Å². The van der Waals surface area contributed by atoms with Crippen molar-refractivity contribution < 1.29 is 41.4 Å². The number of aryl methyl sites for hydroxylation is 4. The van der Waals surface area contributed by atoms with Crippen molar-refractivity contribution in [2.45, 2.75) is 121 Å². The highest BCUT2D eigenvalue weighted by molar-refractivity contribution is 5.68. The maximum absolute atomic E-state index is 12.6. The van der Waals surface area contributed by atoms with E-state index in [1.807, 2.05) is 0 Å². The zero-order chi connectivity index (χ0) is 42.3. The van der Waals surface area contributed by atoms with Gasteiger partial charge in [-0.25, -0.2) is 29.9 Å². The van der Waals surface area contributed by atoms with E-state index in [0.29, 0.717) is 24.0 Å². The number of anilines is 2. The lowest BCUT2D eigenvalue weighted by atomic mass is 9.92. The van der Waals surface area contributed by atoms with E-state index >= 15 is 0 Å². The van der Waals surface area contributed by atoms with Gasteiger partial charge in [-0.05, 0) is 98.9 Å². The number of hydrogen-bond acceptors (Lipinski definition) is 10. The Morgan fingerprint density at radius 2 is 1.19 bits per heavy atom. The molecule has 0 fully saturated rings. The normalized spacial score (nSPS) is 14.9. The van der Waals surface area contributed by atoms with Gasteiger partial charge >= 0.3 is 18.3 Å². The molecule has 0 radical (unpaired) electrons. The van der Waals surface area contributed by atoms with Gasteiger partial charge in [0.25, 0.3) is 0 Å². The quantitative estimate of drug-likeness (QED) is 0.0594. The van der Waals surface area contributed by atoms with Crippen molar-refractivity contribution in [2.75, 3.05) is 23.7 Å². The average Bonchev–Trinajstić information content (AvgIpc) is 3.22. The average molecular weight is 829 g/mol. The number of alkyl halides is 6. The maximum Gasteiger partial charge on any atom is 0.451 e. The molecule has 0 amide bonds. The number of aliphatic hydroxyl groups is 1. The van der Waals surface area contributed by atoms with Crippen LogP contribution < -0.4 is 10.6 Å². The fourth-order valence-electron chi connectivity index (χ4n) is 6.91. The number of carboxylic acid groups (broad SMARTS) is 1. The minimum atomic E-state index is -4.61. The number of unbranched alkanes of at least 4 members (excludes halogenated alkanes) is 4. The van der Waals surface area contributed by atoms with Crippen LogP contribution in [0.15, 0.2) is 55.1 Å². The third kappa shape index (κ3) is 14.9. The van der Waals surface area contributed by atoms with Crippen LogP contribution in [0, 0.1) is 0 Å². The third-order valence-electron chi connectivity index (χ3n) is 10.1. The summed E-state index contributed by atoms with van der Waals surface area (Å²) in [6.45, 7) is 1.93. The fraction of sp³-hybridized carbons (Fsp3) is 0.500. The summed E-state index contributed by atoms with van der Waals surface area (Å²) < 4.78 is 75.2. The molecule has 4 N–H and O–H groups in total. The number of aliphatic hydroxyl groups excluding tert-OH is 1. The Hall–Kier alpha value is -5.19. The summed E-state index contributed by atoms with van der Waals surface area (Å²) in [5.74, 6) is -1.78. The van der Waals surface area contributed by atoms with E-state index in [4.69, 9.17) is 5.11 Å². The molecule has 2 unspecified atom stereocenters. The number of hydrogen-bond donors (Lipinski definition) is 4. The van der Waals surface area contributed by atoms with Crippen molar-refractivity contribution >= 4 is 23.7 Å². The van der Waals surface area contributed by atoms with E-state index in [1.54, 1.807) is 6.08 Å². The summed E-state index contributed by atoms with van der Waals surface area (Å²) >= 11 is 0. The molecular formula is C42H50F6N8O3. The van der Waals surface area contributed by atoms with Crippen LogP contribution >= 0.6 is 0 Å². The molecule has 6 rings (SSSR count).